The second-order valence-corrected chi connectivity index (χ2v) is 10.2. The van der Waals surface area contributed by atoms with Crippen molar-refractivity contribution >= 4 is 34.1 Å². The Labute approximate surface area is 201 Å². The van der Waals surface area contributed by atoms with Crippen LogP contribution < -0.4 is 10.6 Å². The van der Waals surface area contributed by atoms with Crippen LogP contribution in [0.1, 0.15) is 64.7 Å². The zero-order valence-electron chi connectivity index (χ0n) is 20.0. The van der Waals surface area contributed by atoms with Crippen LogP contribution in [0.25, 0.3) is 22.2 Å². The van der Waals surface area contributed by atoms with E-state index >= 15 is 0 Å². The van der Waals surface area contributed by atoms with Crippen LogP contribution in [0.5, 0.6) is 0 Å². The predicted octanol–water partition coefficient (Wildman–Crippen LogP) is 7.12. The number of hydrogen-bond acceptors (Lipinski definition) is 2. The van der Waals surface area contributed by atoms with Gasteiger partial charge in [0.2, 0.25) is 11.8 Å². The number of carbonyl (C=O) groups excluding carboxylic acids is 2. The monoisotopic (exact) mass is 457 g/mol. The van der Waals surface area contributed by atoms with Crippen molar-refractivity contribution in [2.45, 2.75) is 64.7 Å². The molecule has 2 unspecified atom stereocenters. The summed E-state index contributed by atoms with van der Waals surface area (Å²) in [5.41, 5.74) is 4.76. The van der Waals surface area contributed by atoms with Crippen molar-refractivity contribution in [2.75, 3.05) is 10.6 Å². The number of nitrogens with one attached hydrogen (secondary N) is 3. The van der Waals surface area contributed by atoms with Crippen molar-refractivity contribution in [3.63, 3.8) is 0 Å². The van der Waals surface area contributed by atoms with Crippen molar-refractivity contribution in [2.24, 2.45) is 17.8 Å². The Morgan fingerprint density at radius 2 is 1.44 bits per heavy atom. The molecule has 5 nitrogen and oxygen atoms in total. The molecule has 34 heavy (non-hydrogen) atoms. The summed E-state index contributed by atoms with van der Waals surface area (Å²) >= 11 is 0. The average Bonchev–Trinajstić information content (AvgIpc) is 3.29. The molecule has 2 atom stereocenters. The van der Waals surface area contributed by atoms with Crippen LogP contribution in [-0.4, -0.2) is 16.8 Å². The Kier molecular flexibility index (Phi) is 6.70. The zero-order chi connectivity index (χ0) is 23.5. The molecule has 3 aromatic rings. The summed E-state index contributed by atoms with van der Waals surface area (Å²) in [5, 5.41) is 7.33. The number of fused-ring (bicyclic) bond motifs is 1. The van der Waals surface area contributed by atoms with Gasteiger partial charge in [0, 0.05) is 39.8 Å². The van der Waals surface area contributed by atoms with Gasteiger partial charge in [0.25, 0.3) is 0 Å². The highest BCUT2D eigenvalue weighted by Crippen LogP contribution is 2.32. The standard InChI is InChI=1S/C29H35N3O2/c1-19-7-5-6-10-25(19)29(34)31-24-16-13-22-17-26(32-27(22)18-24)20-11-14-23(15-12-20)30-28(33)21-8-3-2-4-9-21/h11-19,21,25,32H,2-10H2,1H3,(H,30,33)(H,31,34). The Hall–Kier alpha value is -3.08. The summed E-state index contributed by atoms with van der Waals surface area (Å²) in [6.45, 7) is 2.19. The molecular weight excluding hydrogens is 422 g/mol. The van der Waals surface area contributed by atoms with E-state index in [4.69, 9.17) is 0 Å². The number of rotatable bonds is 5. The summed E-state index contributed by atoms with van der Waals surface area (Å²) in [4.78, 5) is 28.8. The van der Waals surface area contributed by atoms with Crippen LogP contribution in [0.2, 0.25) is 0 Å². The first-order chi connectivity index (χ1) is 16.6. The fourth-order valence-corrected chi connectivity index (χ4v) is 5.64. The Balaban J connectivity index is 1.26. The molecule has 0 saturated heterocycles. The van der Waals surface area contributed by atoms with Crippen molar-refractivity contribution in [3.05, 3.63) is 48.5 Å². The second-order valence-electron chi connectivity index (χ2n) is 10.2. The minimum atomic E-state index is 0.112. The number of amides is 2. The van der Waals surface area contributed by atoms with Gasteiger partial charge in [-0.25, -0.2) is 0 Å². The first kappa shape index (κ1) is 22.7. The molecule has 2 aromatic carbocycles. The number of hydrogen-bond donors (Lipinski definition) is 3. The van der Waals surface area contributed by atoms with Gasteiger partial charge in [-0.15, -0.1) is 0 Å². The van der Waals surface area contributed by atoms with Crippen LogP contribution in [0, 0.1) is 17.8 Å². The molecular formula is C29H35N3O2. The van der Waals surface area contributed by atoms with Crippen LogP contribution >= 0.6 is 0 Å². The van der Waals surface area contributed by atoms with Gasteiger partial charge in [0.1, 0.15) is 0 Å². The van der Waals surface area contributed by atoms with E-state index in [-0.39, 0.29) is 23.7 Å². The van der Waals surface area contributed by atoms with Gasteiger partial charge in [-0.1, -0.05) is 57.2 Å². The minimum absolute atomic E-state index is 0.112. The third-order valence-corrected chi connectivity index (χ3v) is 7.78. The van der Waals surface area contributed by atoms with Crippen molar-refractivity contribution < 1.29 is 9.59 Å². The predicted molar refractivity (Wildman–Crippen MR) is 139 cm³/mol. The van der Waals surface area contributed by atoms with Gasteiger partial charge < -0.3 is 15.6 Å². The maximum Gasteiger partial charge on any atom is 0.227 e. The molecule has 2 saturated carbocycles. The van der Waals surface area contributed by atoms with Crippen LogP contribution in [-0.2, 0) is 9.59 Å². The largest absolute Gasteiger partial charge is 0.354 e. The van der Waals surface area contributed by atoms with E-state index in [2.05, 4.69) is 28.6 Å². The third kappa shape index (κ3) is 5.03. The van der Waals surface area contributed by atoms with Gasteiger partial charge in [0.05, 0.1) is 0 Å². The molecule has 2 amide bonds. The molecule has 0 bridgehead atoms. The van der Waals surface area contributed by atoms with E-state index in [9.17, 15) is 9.59 Å². The van der Waals surface area contributed by atoms with E-state index in [1.54, 1.807) is 0 Å². The lowest BCUT2D eigenvalue weighted by atomic mass is 9.80. The number of aromatic amines is 1. The van der Waals surface area contributed by atoms with Crippen LogP contribution in [0.3, 0.4) is 0 Å². The number of benzene rings is 2. The summed E-state index contributed by atoms with van der Waals surface area (Å²) in [6, 6.07) is 16.2. The molecule has 2 aliphatic rings. The Morgan fingerprint density at radius 1 is 0.765 bits per heavy atom. The normalized spacial score (nSPS) is 21.3. The molecule has 178 valence electrons. The molecule has 1 heterocycles. The fourth-order valence-electron chi connectivity index (χ4n) is 5.64. The number of aromatic nitrogens is 1. The van der Waals surface area contributed by atoms with E-state index in [1.807, 2.05) is 42.5 Å². The second kappa shape index (κ2) is 10.0. The number of carbonyl (C=O) groups is 2. The summed E-state index contributed by atoms with van der Waals surface area (Å²) in [5.74, 6) is 1.00. The molecule has 3 N–H and O–H groups in total. The Bertz CT molecular complexity index is 1160. The maximum absolute atomic E-state index is 12.8. The first-order valence-electron chi connectivity index (χ1n) is 12.9. The SMILES string of the molecule is CC1CCCCC1C(=O)Nc1ccc2cc(-c3ccc(NC(=O)C4CCCCC4)cc3)[nH]c2c1. The molecule has 2 aliphatic carbocycles. The highest BCUT2D eigenvalue weighted by molar-refractivity contribution is 5.96. The number of anilines is 2. The van der Waals surface area contributed by atoms with Crippen molar-refractivity contribution in [1.29, 1.82) is 0 Å². The summed E-state index contributed by atoms with van der Waals surface area (Å²) in [6.07, 6.45) is 10.1. The fraction of sp³-hybridized carbons (Fsp3) is 0.448. The molecule has 2 fully saturated rings. The zero-order valence-corrected chi connectivity index (χ0v) is 20.0. The van der Waals surface area contributed by atoms with Crippen molar-refractivity contribution in [3.8, 4) is 11.3 Å². The molecule has 0 spiro atoms. The lowest BCUT2D eigenvalue weighted by Crippen LogP contribution is -2.30. The van der Waals surface area contributed by atoms with E-state index < -0.39 is 0 Å². The highest BCUT2D eigenvalue weighted by atomic mass is 16.2. The molecule has 0 radical (unpaired) electrons. The Morgan fingerprint density at radius 3 is 2.21 bits per heavy atom. The van der Waals surface area contributed by atoms with E-state index in [1.165, 1.54) is 12.8 Å². The minimum Gasteiger partial charge on any atom is -0.354 e. The molecule has 5 rings (SSSR count). The lowest BCUT2D eigenvalue weighted by Gasteiger charge is -2.27. The molecule has 0 aliphatic heterocycles. The van der Waals surface area contributed by atoms with Gasteiger partial charge in [-0.2, -0.15) is 0 Å². The maximum atomic E-state index is 12.8. The van der Waals surface area contributed by atoms with Gasteiger partial charge >= 0.3 is 0 Å². The van der Waals surface area contributed by atoms with Crippen molar-refractivity contribution in [1.82, 2.24) is 4.98 Å². The quantitative estimate of drug-likeness (QED) is 0.382. The van der Waals surface area contributed by atoms with Crippen LogP contribution in [0.15, 0.2) is 48.5 Å². The van der Waals surface area contributed by atoms with Crippen LogP contribution in [0.4, 0.5) is 11.4 Å². The van der Waals surface area contributed by atoms with Gasteiger partial charge in [0.15, 0.2) is 0 Å². The third-order valence-electron chi connectivity index (χ3n) is 7.78. The first-order valence-corrected chi connectivity index (χ1v) is 12.9. The van der Waals surface area contributed by atoms with E-state index in [0.29, 0.717) is 5.92 Å². The summed E-state index contributed by atoms with van der Waals surface area (Å²) in [7, 11) is 0. The number of H-pyrrole nitrogens is 1. The van der Waals surface area contributed by atoms with E-state index in [0.717, 1.165) is 78.5 Å². The lowest BCUT2D eigenvalue weighted by molar-refractivity contribution is -0.122. The average molecular weight is 458 g/mol. The molecule has 5 heteroatoms. The highest BCUT2D eigenvalue weighted by Gasteiger charge is 2.27. The molecule has 1 aromatic heterocycles. The smallest absolute Gasteiger partial charge is 0.227 e. The topological polar surface area (TPSA) is 74.0 Å². The van der Waals surface area contributed by atoms with Gasteiger partial charge in [-0.3, -0.25) is 9.59 Å². The summed E-state index contributed by atoms with van der Waals surface area (Å²) < 4.78 is 0. The van der Waals surface area contributed by atoms with Gasteiger partial charge in [-0.05, 0) is 67.5 Å².